The summed E-state index contributed by atoms with van der Waals surface area (Å²) in [5.74, 6) is 0.820. The second kappa shape index (κ2) is 7.36. The lowest BCUT2D eigenvalue weighted by Crippen LogP contribution is -2.28. The van der Waals surface area contributed by atoms with E-state index < -0.39 is 0 Å². The van der Waals surface area contributed by atoms with E-state index in [1.807, 2.05) is 43.0 Å². The lowest BCUT2D eigenvalue weighted by atomic mass is 9.89. The fourth-order valence-electron chi connectivity index (χ4n) is 2.99. The first-order chi connectivity index (χ1) is 11.3. The van der Waals surface area contributed by atoms with E-state index in [4.69, 9.17) is 4.74 Å². The average molecular weight is 331 g/mol. The zero-order valence-corrected chi connectivity index (χ0v) is 15.6. The van der Waals surface area contributed by atoms with Crippen LogP contribution in [0.3, 0.4) is 0 Å². The molecule has 0 bridgehead atoms. The summed E-state index contributed by atoms with van der Waals surface area (Å²) < 4.78 is 7.07. The number of aryl methyl sites for hydroxylation is 1. The fraction of sp³-hybridized carbons (Fsp3) is 0.526. The molecule has 24 heavy (non-hydrogen) atoms. The molecule has 2 rings (SSSR count). The molecule has 0 aliphatic carbocycles. The highest BCUT2D eigenvalue weighted by atomic mass is 16.5. The topological polar surface area (TPSA) is 50.5 Å². The summed E-state index contributed by atoms with van der Waals surface area (Å²) in [4.78, 5) is 2.16. The van der Waals surface area contributed by atoms with Crippen molar-refractivity contribution in [2.75, 3.05) is 20.8 Å². The maximum atomic E-state index is 9.90. The molecule has 0 amide bonds. The summed E-state index contributed by atoms with van der Waals surface area (Å²) in [7, 11) is 5.64. The van der Waals surface area contributed by atoms with Gasteiger partial charge in [0.25, 0.3) is 0 Å². The summed E-state index contributed by atoms with van der Waals surface area (Å²) in [6, 6.07) is 7.80. The van der Waals surface area contributed by atoms with Crippen LogP contribution in [0.15, 0.2) is 30.5 Å². The molecule has 5 nitrogen and oxygen atoms in total. The molecule has 1 N–H and O–H groups in total. The molecule has 2 aromatic rings. The first-order valence-electron chi connectivity index (χ1n) is 8.24. The van der Waals surface area contributed by atoms with Crippen molar-refractivity contribution >= 4 is 0 Å². The molecule has 1 aromatic carbocycles. The van der Waals surface area contributed by atoms with Crippen molar-refractivity contribution in [1.29, 1.82) is 0 Å². The van der Waals surface area contributed by atoms with Gasteiger partial charge in [-0.25, -0.2) is 0 Å². The predicted octanol–water partition coefficient (Wildman–Crippen LogP) is 2.89. The predicted molar refractivity (Wildman–Crippen MR) is 96.2 cm³/mol. The van der Waals surface area contributed by atoms with Crippen LogP contribution in [-0.2, 0) is 19.0 Å². The van der Waals surface area contributed by atoms with Gasteiger partial charge in [-0.1, -0.05) is 32.9 Å². The van der Waals surface area contributed by atoms with Crippen LogP contribution in [0.2, 0.25) is 0 Å². The Hall–Kier alpha value is -1.85. The minimum Gasteiger partial charge on any atom is -0.497 e. The quantitative estimate of drug-likeness (QED) is 0.884. The number of nitrogens with zero attached hydrogens (tertiary/aromatic N) is 3. The molecule has 5 heteroatoms. The van der Waals surface area contributed by atoms with Crippen molar-refractivity contribution in [3.05, 3.63) is 47.3 Å². The van der Waals surface area contributed by atoms with Crippen molar-refractivity contribution in [2.45, 2.75) is 38.8 Å². The van der Waals surface area contributed by atoms with Gasteiger partial charge >= 0.3 is 0 Å². The largest absolute Gasteiger partial charge is 0.497 e. The van der Waals surface area contributed by atoms with Gasteiger partial charge in [-0.3, -0.25) is 9.58 Å². The minimum absolute atomic E-state index is 0.00768. The van der Waals surface area contributed by atoms with E-state index in [1.165, 1.54) is 5.56 Å². The molecule has 132 valence electrons. The Morgan fingerprint density at radius 1 is 1.25 bits per heavy atom. The van der Waals surface area contributed by atoms with Crippen molar-refractivity contribution in [3.8, 4) is 5.75 Å². The van der Waals surface area contributed by atoms with Crippen LogP contribution >= 0.6 is 0 Å². The normalized spacial score (nSPS) is 13.3. The fourth-order valence-corrected chi connectivity index (χ4v) is 2.99. The van der Waals surface area contributed by atoms with Gasteiger partial charge in [-0.05, 0) is 24.7 Å². The molecule has 0 saturated heterocycles. The Morgan fingerprint density at radius 3 is 2.38 bits per heavy atom. The highest BCUT2D eigenvalue weighted by Gasteiger charge is 2.24. The number of hydrogen-bond acceptors (Lipinski definition) is 4. The third-order valence-electron chi connectivity index (χ3n) is 4.24. The number of ether oxygens (including phenoxy) is 1. The van der Waals surface area contributed by atoms with Gasteiger partial charge in [0.05, 0.1) is 25.5 Å². The second-order valence-electron chi connectivity index (χ2n) is 7.31. The minimum atomic E-state index is -0.0658. The SMILES string of the molecule is COc1ccc(C(CO)N(C)Cc2cn(C)nc2C(C)(C)C)cc1. The Bertz CT molecular complexity index is 656. The highest BCUT2D eigenvalue weighted by molar-refractivity contribution is 5.30. The molecule has 0 aliphatic heterocycles. The number of hydrogen-bond donors (Lipinski definition) is 1. The van der Waals surface area contributed by atoms with Gasteiger partial charge in [0, 0.05) is 30.8 Å². The van der Waals surface area contributed by atoms with E-state index in [0.717, 1.165) is 23.6 Å². The monoisotopic (exact) mass is 331 g/mol. The van der Waals surface area contributed by atoms with Gasteiger partial charge in [-0.15, -0.1) is 0 Å². The number of benzene rings is 1. The van der Waals surface area contributed by atoms with Gasteiger partial charge in [0.1, 0.15) is 5.75 Å². The molecular weight excluding hydrogens is 302 g/mol. The van der Waals surface area contributed by atoms with E-state index in [0.29, 0.717) is 0 Å². The van der Waals surface area contributed by atoms with Crippen molar-refractivity contribution < 1.29 is 9.84 Å². The maximum Gasteiger partial charge on any atom is 0.118 e. The van der Waals surface area contributed by atoms with E-state index in [1.54, 1.807) is 7.11 Å². The van der Waals surface area contributed by atoms with Gasteiger partial charge in [0.2, 0.25) is 0 Å². The summed E-state index contributed by atoms with van der Waals surface area (Å²) in [5, 5.41) is 14.5. The summed E-state index contributed by atoms with van der Waals surface area (Å²) in [5.41, 5.74) is 3.36. The molecule has 1 unspecified atom stereocenters. The number of likely N-dealkylation sites (N-methyl/N-ethyl adjacent to an activating group) is 1. The number of rotatable bonds is 6. The Kier molecular flexibility index (Phi) is 5.67. The molecule has 0 aliphatic rings. The van der Waals surface area contributed by atoms with Crippen LogP contribution in [0.1, 0.15) is 43.6 Å². The highest BCUT2D eigenvalue weighted by Crippen LogP contribution is 2.28. The average Bonchev–Trinajstić information content (AvgIpc) is 2.89. The van der Waals surface area contributed by atoms with Crippen molar-refractivity contribution in [3.63, 3.8) is 0 Å². The zero-order valence-electron chi connectivity index (χ0n) is 15.6. The Balaban J connectivity index is 2.22. The first kappa shape index (κ1) is 18.5. The van der Waals surface area contributed by atoms with Crippen LogP contribution in [0.5, 0.6) is 5.75 Å². The molecule has 0 fully saturated rings. The number of aromatic nitrogens is 2. The second-order valence-corrected chi connectivity index (χ2v) is 7.31. The number of aliphatic hydroxyl groups excluding tert-OH is 1. The number of aliphatic hydroxyl groups is 1. The maximum absolute atomic E-state index is 9.90. The number of methoxy groups -OCH3 is 1. The van der Waals surface area contributed by atoms with Gasteiger partial charge in [0.15, 0.2) is 0 Å². The molecule has 0 saturated carbocycles. The lowest BCUT2D eigenvalue weighted by Gasteiger charge is -2.28. The van der Waals surface area contributed by atoms with E-state index in [9.17, 15) is 5.11 Å². The molecule has 1 aromatic heterocycles. The van der Waals surface area contributed by atoms with Gasteiger partial charge in [-0.2, -0.15) is 5.10 Å². The molecular formula is C19H29N3O2. The molecule has 0 radical (unpaired) electrons. The third-order valence-corrected chi connectivity index (χ3v) is 4.24. The standard InChI is InChI=1S/C19H29N3O2/c1-19(2,3)18-15(12-22(5)20-18)11-21(4)17(13-23)14-7-9-16(24-6)10-8-14/h7-10,12,17,23H,11,13H2,1-6H3. The van der Waals surface area contributed by atoms with Crippen molar-refractivity contribution in [1.82, 2.24) is 14.7 Å². The van der Waals surface area contributed by atoms with E-state index in [-0.39, 0.29) is 18.1 Å². The lowest BCUT2D eigenvalue weighted by molar-refractivity contribution is 0.142. The molecule has 1 atom stereocenters. The van der Waals surface area contributed by atoms with Crippen molar-refractivity contribution in [2.24, 2.45) is 7.05 Å². The summed E-state index contributed by atoms with van der Waals surface area (Å²) in [6.45, 7) is 7.31. The molecule has 1 heterocycles. The smallest absolute Gasteiger partial charge is 0.118 e. The summed E-state index contributed by atoms with van der Waals surface area (Å²) >= 11 is 0. The van der Waals surface area contributed by atoms with Gasteiger partial charge < -0.3 is 9.84 Å². The van der Waals surface area contributed by atoms with Crippen LogP contribution in [0, 0.1) is 0 Å². The Morgan fingerprint density at radius 2 is 1.88 bits per heavy atom. The van der Waals surface area contributed by atoms with Crippen LogP contribution in [0.4, 0.5) is 0 Å². The summed E-state index contributed by atoms with van der Waals surface area (Å²) in [6.07, 6.45) is 2.07. The van der Waals surface area contributed by atoms with Crippen LogP contribution in [-0.4, -0.2) is 40.6 Å². The van der Waals surface area contributed by atoms with E-state index >= 15 is 0 Å². The van der Waals surface area contributed by atoms with E-state index in [2.05, 4.69) is 37.0 Å². The third kappa shape index (κ3) is 4.16. The Labute approximate surface area is 144 Å². The van der Waals surface area contributed by atoms with Crippen LogP contribution in [0.25, 0.3) is 0 Å². The van der Waals surface area contributed by atoms with Crippen LogP contribution < -0.4 is 4.74 Å². The zero-order chi connectivity index (χ0) is 17.9. The first-order valence-corrected chi connectivity index (χ1v) is 8.24. The molecule has 0 spiro atoms.